The molecule has 1 aromatic heterocycles. The monoisotopic (exact) mass is 307 g/mol. The van der Waals surface area contributed by atoms with Crippen molar-refractivity contribution in [1.82, 2.24) is 15.2 Å². The molecule has 0 unspecified atom stereocenters. The van der Waals surface area contributed by atoms with Gasteiger partial charge in [0.1, 0.15) is 0 Å². The lowest BCUT2D eigenvalue weighted by atomic mass is 10.1. The molecular weight excluding hydrogens is 282 g/mol. The summed E-state index contributed by atoms with van der Waals surface area (Å²) in [5.74, 6) is 0.963. The molecule has 0 bridgehead atoms. The molecule has 6 nitrogen and oxygen atoms in total. The quantitative estimate of drug-likeness (QED) is 0.731. The van der Waals surface area contributed by atoms with Crippen LogP contribution < -0.4 is 10.1 Å². The summed E-state index contributed by atoms with van der Waals surface area (Å²) in [5.41, 5.74) is 0.566. The molecule has 1 atom stereocenters. The Bertz CT molecular complexity index is 464. The summed E-state index contributed by atoms with van der Waals surface area (Å²) in [6.45, 7) is 4.74. The third kappa shape index (κ3) is 4.96. The molecule has 1 aliphatic rings. The smallest absolute Gasteiger partial charge is 0.252 e. The fraction of sp³-hybridized carbons (Fsp3) is 0.625. The van der Waals surface area contributed by atoms with Crippen LogP contribution >= 0.6 is 0 Å². The average molecular weight is 307 g/mol. The molecule has 0 spiro atoms. The van der Waals surface area contributed by atoms with Gasteiger partial charge in [-0.2, -0.15) is 0 Å². The highest BCUT2D eigenvalue weighted by atomic mass is 16.5. The van der Waals surface area contributed by atoms with Crippen molar-refractivity contribution in [3.05, 3.63) is 23.9 Å². The lowest BCUT2D eigenvalue weighted by Crippen LogP contribution is -2.31. The van der Waals surface area contributed by atoms with Crippen molar-refractivity contribution < 1.29 is 14.3 Å². The lowest BCUT2D eigenvalue weighted by molar-refractivity contribution is 0.0947. The Morgan fingerprint density at radius 2 is 2.32 bits per heavy atom. The van der Waals surface area contributed by atoms with Crippen molar-refractivity contribution in [2.45, 2.75) is 12.8 Å². The van der Waals surface area contributed by atoms with Crippen LogP contribution in [0.2, 0.25) is 0 Å². The maximum atomic E-state index is 12.1. The zero-order valence-corrected chi connectivity index (χ0v) is 13.4. The number of aromatic nitrogens is 1. The Balaban J connectivity index is 1.70. The van der Waals surface area contributed by atoms with Crippen LogP contribution in [-0.2, 0) is 4.74 Å². The number of carbonyl (C=O) groups is 1. The van der Waals surface area contributed by atoms with Gasteiger partial charge in [0.15, 0.2) is 0 Å². The number of pyridine rings is 1. The molecule has 2 heterocycles. The van der Waals surface area contributed by atoms with E-state index in [0.29, 0.717) is 23.9 Å². The van der Waals surface area contributed by atoms with E-state index in [1.807, 2.05) is 0 Å². The van der Waals surface area contributed by atoms with Gasteiger partial charge in [-0.15, -0.1) is 0 Å². The molecule has 0 aromatic carbocycles. The van der Waals surface area contributed by atoms with Crippen molar-refractivity contribution in [2.24, 2.45) is 5.92 Å². The van der Waals surface area contributed by atoms with Crippen molar-refractivity contribution in [3.63, 3.8) is 0 Å². The van der Waals surface area contributed by atoms with Gasteiger partial charge in [0.2, 0.25) is 5.88 Å². The van der Waals surface area contributed by atoms with Gasteiger partial charge in [-0.1, -0.05) is 0 Å². The maximum absolute atomic E-state index is 12.1. The van der Waals surface area contributed by atoms with Gasteiger partial charge in [-0.3, -0.25) is 4.79 Å². The van der Waals surface area contributed by atoms with Crippen LogP contribution in [0.15, 0.2) is 18.3 Å². The number of hydrogen-bond acceptors (Lipinski definition) is 5. The van der Waals surface area contributed by atoms with Crippen LogP contribution in [0.1, 0.15) is 23.2 Å². The Morgan fingerprint density at radius 1 is 1.45 bits per heavy atom. The molecule has 1 aliphatic heterocycles. The van der Waals surface area contributed by atoms with Crippen LogP contribution in [0, 0.1) is 5.92 Å². The molecule has 6 heteroatoms. The van der Waals surface area contributed by atoms with Gasteiger partial charge in [-0.05, 0) is 31.4 Å². The van der Waals surface area contributed by atoms with Crippen LogP contribution in [-0.4, -0.2) is 62.8 Å². The first-order valence-electron chi connectivity index (χ1n) is 7.72. The van der Waals surface area contributed by atoms with E-state index < -0.39 is 0 Å². The van der Waals surface area contributed by atoms with Crippen LogP contribution in [0.3, 0.4) is 0 Å². The summed E-state index contributed by atoms with van der Waals surface area (Å²) in [4.78, 5) is 18.6. The van der Waals surface area contributed by atoms with E-state index in [9.17, 15) is 4.79 Å². The number of ether oxygens (including phenoxy) is 2. The number of hydrogen-bond donors (Lipinski definition) is 1. The molecule has 0 radical (unpaired) electrons. The molecule has 1 aromatic rings. The van der Waals surface area contributed by atoms with E-state index in [-0.39, 0.29) is 5.91 Å². The number of amides is 1. The molecule has 22 heavy (non-hydrogen) atoms. The molecule has 0 saturated carbocycles. The second kappa shape index (κ2) is 8.70. The van der Waals surface area contributed by atoms with Crippen LogP contribution in [0.25, 0.3) is 0 Å². The van der Waals surface area contributed by atoms with Crippen LogP contribution in [0.5, 0.6) is 5.88 Å². The second-order valence-corrected chi connectivity index (χ2v) is 5.60. The largest absolute Gasteiger partial charge is 0.481 e. The Hall–Kier alpha value is -1.66. The number of rotatable bonds is 8. The predicted octanol–water partition coefficient (Wildman–Crippen LogP) is 1.18. The van der Waals surface area contributed by atoms with Gasteiger partial charge in [0.25, 0.3) is 5.91 Å². The van der Waals surface area contributed by atoms with E-state index in [4.69, 9.17) is 9.47 Å². The highest BCUT2D eigenvalue weighted by molar-refractivity contribution is 5.93. The zero-order chi connectivity index (χ0) is 15.8. The fourth-order valence-corrected chi connectivity index (χ4v) is 2.69. The number of methoxy groups -OCH3 is 2. The Morgan fingerprint density at radius 3 is 3.00 bits per heavy atom. The van der Waals surface area contributed by atoms with Gasteiger partial charge in [0.05, 0.1) is 12.7 Å². The minimum atomic E-state index is -0.0759. The van der Waals surface area contributed by atoms with Gasteiger partial charge in [0, 0.05) is 45.6 Å². The molecule has 1 fully saturated rings. The van der Waals surface area contributed by atoms with Gasteiger partial charge in [-0.25, -0.2) is 4.98 Å². The normalized spacial score (nSPS) is 18.4. The molecular formula is C16H25N3O3. The van der Waals surface area contributed by atoms with E-state index >= 15 is 0 Å². The summed E-state index contributed by atoms with van der Waals surface area (Å²) < 4.78 is 10.1. The number of carbonyl (C=O) groups excluding carboxylic acids is 1. The highest BCUT2D eigenvalue weighted by Crippen LogP contribution is 2.15. The average Bonchev–Trinajstić information content (AvgIpc) is 3.01. The lowest BCUT2D eigenvalue weighted by Gasteiger charge is -2.16. The number of likely N-dealkylation sites (tertiary alicyclic amines) is 1. The first-order valence-corrected chi connectivity index (χ1v) is 7.72. The summed E-state index contributed by atoms with van der Waals surface area (Å²) in [6.07, 6.45) is 3.74. The van der Waals surface area contributed by atoms with E-state index in [1.54, 1.807) is 32.5 Å². The summed E-state index contributed by atoms with van der Waals surface area (Å²) in [5, 5.41) is 3.00. The molecule has 1 N–H and O–H groups in total. The first-order chi connectivity index (χ1) is 10.7. The fourth-order valence-electron chi connectivity index (χ4n) is 2.69. The molecule has 2 rings (SSSR count). The Labute approximate surface area is 131 Å². The van der Waals surface area contributed by atoms with Gasteiger partial charge >= 0.3 is 0 Å². The summed E-state index contributed by atoms with van der Waals surface area (Å²) in [7, 11) is 3.29. The third-order valence-electron chi connectivity index (χ3n) is 3.95. The number of nitrogens with zero attached hydrogens (tertiary/aromatic N) is 2. The molecule has 1 amide bonds. The maximum Gasteiger partial charge on any atom is 0.252 e. The van der Waals surface area contributed by atoms with E-state index in [0.717, 1.165) is 39.1 Å². The SMILES string of the molecule is COCCCN1CC[C@@H](CNC(=O)c2ccc(OC)nc2)C1. The molecule has 122 valence electrons. The van der Waals surface area contributed by atoms with Crippen molar-refractivity contribution in [2.75, 3.05) is 47.0 Å². The highest BCUT2D eigenvalue weighted by Gasteiger charge is 2.22. The molecule has 1 saturated heterocycles. The minimum absolute atomic E-state index is 0.0759. The standard InChI is InChI=1S/C16H25N3O3/c1-21-9-3-7-19-8-6-13(12-19)10-18-16(20)14-4-5-15(22-2)17-11-14/h4-5,11,13H,3,6-10,12H2,1-2H3,(H,18,20)/t13-/m0/s1. The van der Waals surface area contributed by atoms with Crippen molar-refractivity contribution >= 4 is 5.91 Å². The topological polar surface area (TPSA) is 63.7 Å². The van der Waals surface area contributed by atoms with Crippen LogP contribution in [0.4, 0.5) is 0 Å². The van der Waals surface area contributed by atoms with Crippen molar-refractivity contribution in [1.29, 1.82) is 0 Å². The second-order valence-electron chi connectivity index (χ2n) is 5.60. The first kappa shape index (κ1) is 16.7. The minimum Gasteiger partial charge on any atom is -0.481 e. The van der Waals surface area contributed by atoms with E-state index in [1.165, 1.54) is 0 Å². The predicted molar refractivity (Wildman–Crippen MR) is 84.2 cm³/mol. The molecule has 0 aliphatic carbocycles. The number of nitrogens with one attached hydrogen (secondary N) is 1. The third-order valence-corrected chi connectivity index (χ3v) is 3.95. The summed E-state index contributed by atoms with van der Waals surface area (Å²) >= 11 is 0. The zero-order valence-electron chi connectivity index (χ0n) is 13.4. The van der Waals surface area contributed by atoms with Crippen molar-refractivity contribution in [3.8, 4) is 5.88 Å². The van der Waals surface area contributed by atoms with Gasteiger partial charge < -0.3 is 19.7 Å². The Kier molecular flexibility index (Phi) is 6.61. The summed E-state index contributed by atoms with van der Waals surface area (Å²) in [6, 6.07) is 3.43. The van der Waals surface area contributed by atoms with E-state index in [2.05, 4.69) is 15.2 Å².